The molecule has 2 amide bonds. The van der Waals surface area contributed by atoms with Crippen molar-refractivity contribution in [2.45, 2.75) is 13.5 Å². The minimum absolute atomic E-state index is 0.000978. The Morgan fingerprint density at radius 2 is 1.90 bits per heavy atom. The number of carbonyl (C=O) groups is 2. The van der Waals surface area contributed by atoms with Gasteiger partial charge in [0.15, 0.2) is 0 Å². The van der Waals surface area contributed by atoms with Gasteiger partial charge in [-0.3, -0.25) is 9.59 Å². The van der Waals surface area contributed by atoms with Crippen molar-refractivity contribution in [2.75, 3.05) is 0 Å². The number of nitrogens with one attached hydrogen (secondary N) is 1. The minimum atomic E-state index is -0.534. The average Bonchev–Trinajstić information content (AvgIpc) is 2.48. The number of hydrogen-bond acceptors (Lipinski definition) is 2. The zero-order valence-electron chi connectivity index (χ0n) is 11.5. The van der Waals surface area contributed by atoms with E-state index in [1.807, 2.05) is 0 Å². The Balaban J connectivity index is 2.09. The van der Waals surface area contributed by atoms with Gasteiger partial charge in [-0.2, -0.15) is 0 Å². The van der Waals surface area contributed by atoms with E-state index in [9.17, 15) is 14.0 Å². The summed E-state index contributed by atoms with van der Waals surface area (Å²) in [5.41, 5.74) is 6.69. The van der Waals surface area contributed by atoms with Gasteiger partial charge in [-0.25, -0.2) is 4.39 Å². The van der Waals surface area contributed by atoms with E-state index in [-0.39, 0.29) is 12.1 Å². The van der Waals surface area contributed by atoms with Gasteiger partial charge in [0.1, 0.15) is 5.82 Å². The summed E-state index contributed by atoms with van der Waals surface area (Å²) in [6.45, 7) is 1.79. The lowest BCUT2D eigenvalue weighted by Crippen LogP contribution is -2.24. The van der Waals surface area contributed by atoms with Crippen molar-refractivity contribution in [1.82, 2.24) is 5.32 Å². The lowest BCUT2D eigenvalue weighted by Gasteiger charge is -2.08. The Hall–Kier alpha value is -2.69. The molecule has 0 atom stereocenters. The molecule has 3 N–H and O–H groups in total. The number of hydrogen-bond donors (Lipinski definition) is 2. The first-order valence-electron chi connectivity index (χ1n) is 6.41. The normalized spacial score (nSPS) is 10.2. The molecule has 0 heterocycles. The summed E-state index contributed by atoms with van der Waals surface area (Å²) < 4.78 is 13.8. The largest absolute Gasteiger partial charge is 0.366 e. The first-order chi connectivity index (χ1) is 9.99. The summed E-state index contributed by atoms with van der Waals surface area (Å²) in [6, 6.07) is 11.3. The molecule has 0 fully saturated rings. The van der Waals surface area contributed by atoms with E-state index >= 15 is 0 Å². The average molecular weight is 286 g/mol. The highest BCUT2D eigenvalue weighted by atomic mass is 19.1. The highest BCUT2D eigenvalue weighted by molar-refractivity contribution is 5.95. The Bertz CT molecular complexity index is 698. The number of primary amides is 1. The van der Waals surface area contributed by atoms with Gasteiger partial charge in [-0.1, -0.05) is 24.3 Å². The molecule has 2 aromatic carbocycles. The van der Waals surface area contributed by atoms with Gasteiger partial charge >= 0.3 is 0 Å². The fourth-order valence-electron chi connectivity index (χ4n) is 1.93. The second-order valence-electron chi connectivity index (χ2n) is 4.68. The molecule has 0 spiro atoms. The molecule has 108 valence electrons. The van der Waals surface area contributed by atoms with E-state index in [1.165, 1.54) is 6.07 Å². The second-order valence-corrected chi connectivity index (χ2v) is 4.68. The molecule has 0 aromatic heterocycles. The molecule has 0 radical (unpaired) electrons. The predicted octanol–water partition coefficient (Wildman–Crippen LogP) is 2.16. The van der Waals surface area contributed by atoms with E-state index in [0.29, 0.717) is 16.7 Å². The van der Waals surface area contributed by atoms with E-state index < -0.39 is 17.6 Å². The van der Waals surface area contributed by atoms with Crippen molar-refractivity contribution in [3.63, 3.8) is 0 Å². The Labute approximate surface area is 121 Å². The summed E-state index contributed by atoms with van der Waals surface area (Å²) in [6.07, 6.45) is 0. The third-order valence-electron chi connectivity index (χ3n) is 3.10. The van der Waals surface area contributed by atoms with E-state index in [0.717, 1.165) is 0 Å². The number of nitrogens with two attached hydrogens (primary N) is 1. The quantitative estimate of drug-likeness (QED) is 0.904. The lowest BCUT2D eigenvalue weighted by atomic mass is 10.1. The van der Waals surface area contributed by atoms with Crippen LogP contribution in [0.25, 0.3) is 0 Å². The fourth-order valence-corrected chi connectivity index (χ4v) is 1.93. The summed E-state index contributed by atoms with van der Waals surface area (Å²) in [7, 11) is 0. The first kappa shape index (κ1) is 14.7. The first-order valence-corrected chi connectivity index (χ1v) is 6.41. The molecule has 2 aromatic rings. The monoisotopic (exact) mass is 286 g/mol. The van der Waals surface area contributed by atoms with Crippen molar-refractivity contribution in [3.05, 3.63) is 70.5 Å². The number of aryl methyl sites for hydroxylation is 1. The molecule has 0 unspecified atom stereocenters. The molecule has 0 bridgehead atoms. The Morgan fingerprint density at radius 3 is 2.62 bits per heavy atom. The van der Waals surface area contributed by atoms with E-state index in [4.69, 9.17) is 5.73 Å². The zero-order valence-corrected chi connectivity index (χ0v) is 11.5. The molecule has 21 heavy (non-hydrogen) atoms. The standard InChI is InChI=1S/C16H15FN2O2/c1-10-4-2-7-13(14(10)17)16(21)19-9-11-5-3-6-12(8-11)15(18)20/h2-8H,9H2,1H3,(H2,18,20)(H,19,21). The molecular formula is C16H15FN2O2. The number of carbonyl (C=O) groups excluding carboxylic acids is 2. The van der Waals surface area contributed by atoms with Gasteiger partial charge in [0.2, 0.25) is 5.91 Å². The van der Waals surface area contributed by atoms with E-state index in [1.54, 1.807) is 43.3 Å². The van der Waals surface area contributed by atoms with Crippen LogP contribution in [0.3, 0.4) is 0 Å². The maximum Gasteiger partial charge on any atom is 0.254 e. The Kier molecular flexibility index (Phi) is 4.33. The smallest absolute Gasteiger partial charge is 0.254 e. The van der Waals surface area contributed by atoms with Crippen LogP contribution < -0.4 is 11.1 Å². The third-order valence-corrected chi connectivity index (χ3v) is 3.10. The van der Waals surface area contributed by atoms with Crippen molar-refractivity contribution >= 4 is 11.8 Å². The maximum atomic E-state index is 13.8. The molecule has 0 aliphatic heterocycles. The fraction of sp³-hybridized carbons (Fsp3) is 0.125. The maximum absolute atomic E-state index is 13.8. The molecule has 0 aliphatic carbocycles. The van der Waals surface area contributed by atoms with Crippen molar-refractivity contribution < 1.29 is 14.0 Å². The van der Waals surface area contributed by atoms with Crippen LogP contribution in [0.2, 0.25) is 0 Å². The lowest BCUT2D eigenvalue weighted by molar-refractivity contribution is 0.0946. The van der Waals surface area contributed by atoms with E-state index in [2.05, 4.69) is 5.32 Å². The summed E-state index contributed by atoms with van der Waals surface area (Å²) in [4.78, 5) is 23.0. The molecule has 0 aliphatic rings. The molecule has 5 heteroatoms. The highest BCUT2D eigenvalue weighted by Gasteiger charge is 2.12. The topological polar surface area (TPSA) is 72.2 Å². The summed E-state index contributed by atoms with van der Waals surface area (Å²) in [5, 5.41) is 2.62. The SMILES string of the molecule is Cc1cccc(C(=O)NCc2cccc(C(N)=O)c2)c1F. The summed E-state index contributed by atoms with van der Waals surface area (Å²) in [5.74, 6) is -1.56. The molecule has 0 saturated heterocycles. The number of rotatable bonds is 4. The minimum Gasteiger partial charge on any atom is -0.366 e. The van der Waals surface area contributed by atoms with Crippen molar-refractivity contribution in [3.8, 4) is 0 Å². The van der Waals surface area contributed by atoms with Gasteiger partial charge in [-0.15, -0.1) is 0 Å². The van der Waals surface area contributed by atoms with Gasteiger partial charge in [0.05, 0.1) is 5.56 Å². The number of benzene rings is 2. The van der Waals surface area contributed by atoms with Gasteiger partial charge in [-0.05, 0) is 36.2 Å². The molecule has 4 nitrogen and oxygen atoms in total. The zero-order chi connectivity index (χ0) is 15.4. The van der Waals surface area contributed by atoms with Crippen molar-refractivity contribution in [2.24, 2.45) is 5.73 Å². The summed E-state index contributed by atoms with van der Waals surface area (Å²) >= 11 is 0. The van der Waals surface area contributed by atoms with Crippen molar-refractivity contribution in [1.29, 1.82) is 0 Å². The van der Waals surface area contributed by atoms with Gasteiger partial charge in [0, 0.05) is 12.1 Å². The predicted molar refractivity (Wildman–Crippen MR) is 77.3 cm³/mol. The van der Waals surface area contributed by atoms with Crippen LogP contribution in [0.5, 0.6) is 0 Å². The molecule has 2 rings (SSSR count). The van der Waals surface area contributed by atoms with Crippen LogP contribution in [0.15, 0.2) is 42.5 Å². The van der Waals surface area contributed by atoms with Crippen LogP contribution in [0.1, 0.15) is 31.8 Å². The number of halogens is 1. The highest BCUT2D eigenvalue weighted by Crippen LogP contribution is 2.12. The van der Waals surface area contributed by atoms with Crippen LogP contribution in [0.4, 0.5) is 4.39 Å². The Morgan fingerprint density at radius 1 is 1.19 bits per heavy atom. The van der Waals surface area contributed by atoms with Gasteiger partial charge < -0.3 is 11.1 Å². The van der Waals surface area contributed by atoms with Crippen LogP contribution >= 0.6 is 0 Å². The van der Waals surface area contributed by atoms with Crippen LogP contribution in [-0.2, 0) is 6.54 Å². The molecule has 0 saturated carbocycles. The second kappa shape index (κ2) is 6.17. The van der Waals surface area contributed by atoms with Crippen LogP contribution in [-0.4, -0.2) is 11.8 Å². The van der Waals surface area contributed by atoms with Crippen LogP contribution in [0, 0.1) is 12.7 Å². The van der Waals surface area contributed by atoms with Gasteiger partial charge in [0.25, 0.3) is 5.91 Å². The number of amides is 2. The molecular weight excluding hydrogens is 271 g/mol. The third kappa shape index (κ3) is 3.45.